The van der Waals surface area contributed by atoms with Crippen LogP contribution in [0.4, 0.5) is 8.78 Å². The second-order valence-corrected chi connectivity index (χ2v) is 5.60. The highest BCUT2D eigenvalue weighted by Crippen LogP contribution is 2.31. The lowest BCUT2D eigenvalue weighted by Gasteiger charge is -2.24. The number of rotatable bonds is 3. The predicted molar refractivity (Wildman–Crippen MR) is 79.8 cm³/mol. The number of carboxylic acid groups (broad SMARTS) is 1. The number of nitrogens with zero attached hydrogens (tertiary/aromatic N) is 3. The Labute approximate surface area is 130 Å². The van der Waals surface area contributed by atoms with E-state index < -0.39 is 23.1 Å². The van der Waals surface area contributed by atoms with Crippen molar-refractivity contribution in [1.29, 1.82) is 0 Å². The van der Waals surface area contributed by atoms with E-state index in [0.717, 1.165) is 12.1 Å². The largest absolute Gasteiger partial charge is 0.480 e. The SMILES string of the molecule is CC(C)(C(=O)O)n1c(-c2ccccn2)nc2cc(F)c(F)cc21. The van der Waals surface area contributed by atoms with Crippen LogP contribution < -0.4 is 0 Å². The molecule has 2 heterocycles. The molecule has 3 aromatic rings. The summed E-state index contributed by atoms with van der Waals surface area (Å²) in [7, 11) is 0. The van der Waals surface area contributed by atoms with Crippen molar-refractivity contribution in [2.24, 2.45) is 0 Å². The second kappa shape index (κ2) is 5.12. The van der Waals surface area contributed by atoms with E-state index in [0.29, 0.717) is 5.69 Å². The van der Waals surface area contributed by atoms with Crippen LogP contribution >= 0.6 is 0 Å². The Morgan fingerprint density at radius 3 is 2.52 bits per heavy atom. The highest BCUT2D eigenvalue weighted by molar-refractivity contribution is 5.85. The third kappa shape index (κ3) is 2.34. The molecule has 0 atom stereocenters. The Balaban J connectivity index is 2.42. The molecule has 0 amide bonds. The van der Waals surface area contributed by atoms with Crippen molar-refractivity contribution in [3.63, 3.8) is 0 Å². The van der Waals surface area contributed by atoms with Crippen LogP contribution in [0.15, 0.2) is 36.5 Å². The van der Waals surface area contributed by atoms with Crippen LogP contribution in [0.2, 0.25) is 0 Å². The summed E-state index contributed by atoms with van der Waals surface area (Å²) in [5.41, 5.74) is -0.652. The van der Waals surface area contributed by atoms with E-state index in [1.165, 1.54) is 24.6 Å². The van der Waals surface area contributed by atoms with E-state index in [4.69, 9.17) is 0 Å². The molecular weight excluding hydrogens is 304 g/mol. The van der Waals surface area contributed by atoms with Gasteiger partial charge < -0.3 is 9.67 Å². The topological polar surface area (TPSA) is 68.0 Å². The van der Waals surface area contributed by atoms with Gasteiger partial charge >= 0.3 is 5.97 Å². The Morgan fingerprint density at radius 1 is 1.22 bits per heavy atom. The van der Waals surface area contributed by atoms with Gasteiger partial charge in [0.1, 0.15) is 11.2 Å². The van der Waals surface area contributed by atoms with Crippen LogP contribution in [0.5, 0.6) is 0 Å². The zero-order valence-electron chi connectivity index (χ0n) is 12.4. The average molecular weight is 317 g/mol. The summed E-state index contributed by atoms with van der Waals surface area (Å²) in [5, 5.41) is 9.53. The van der Waals surface area contributed by atoms with E-state index in [-0.39, 0.29) is 16.9 Å². The molecule has 2 aromatic heterocycles. The fourth-order valence-electron chi connectivity index (χ4n) is 2.40. The molecule has 0 radical (unpaired) electrons. The Kier molecular flexibility index (Phi) is 3.35. The fourth-order valence-corrected chi connectivity index (χ4v) is 2.40. The number of fused-ring (bicyclic) bond motifs is 1. The first-order valence-electron chi connectivity index (χ1n) is 6.85. The first-order valence-corrected chi connectivity index (χ1v) is 6.85. The molecule has 0 aliphatic rings. The lowest BCUT2D eigenvalue weighted by molar-refractivity contribution is -0.145. The van der Waals surface area contributed by atoms with Crippen molar-refractivity contribution in [3.8, 4) is 11.5 Å². The lowest BCUT2D eigenvalue weighted by Crippen LogP contribution is -2.36. The van der Waals surface area contributed by atoms with Gasteiger partial charge in [0.05, 0.1) is 11.0 Å². The van der Waals surface area contributed by atoms with Gasteiger partial charge in [0.2, 0.25) is 0 Å². The smallest absolute Gasteiger partial charge is 0.329 e. The average Bonchev–Trinajstić information content (AvgIpc) is 2.87. The van der Waals surface area contributed by atoms with Crippen LogP contribution in [0.3, 0.4) is 0 Å². The van der Waals surface area contributed by atoms with Gasteiger partial charge in [-0.05, 0) is 26.0 Å². The van der Waals surface area contributed by atoms with Crippen molar-refractivity contribution in [1.82, 2.24) is 14.5 Å². The molecule has 23 heavy (non-hydrogen) atoms. The van der Waals surface area contributed by atoms with Gasteiger partial charge in [0, 0.05) is 18.3 Å². The Hall–Kier alpha value is -2.83. The number of aromatic nitrogens is 3. The first kappa shape index (κ1) is 15.1. The molecule has 0 aliphatic heterocycles. The van der Waals surface area contributed by atoms with E-state index in [9.17, 15) is 18.7 Å². The van der Waals surface area contributed by atoms with Gasteiger partial charge in [-0.3, -0.25) is 4.98 Å². The second-order valence-electron chi connectivity index (χ2n) is 5.60. The van der Waals surface area contributed by atoms with E-state index in [2.05, 4.69) is 9.97 Å². The van der Waals surface area contributed by atoms with Crippen LogP contribution in [0.25, 0.3) is 22.6 Å². The molecule has 0 spiro atoms. The molecule has 1 N–H and O–H groups in total. The number of benzene rings is 1. The van der Waals surface area contributed by atoms with Crippen molar-refractivity contribution >= 4 is 17.0 Å². The third-order valence-corrected chi connectivity index (χ3v) is 3.67. The number of imidazole rings is 1. The summed E-state index contributed by atoms with van der Waals surface area (Å²) in [5.74, 6) is -2.99. The monoisotopic (exact) mass is 317 g/mol. The molecule has 0 fully saturated rings. The number of halogens is 2. The lowest BCUT2D eigenvalue weighted by atomic mass is 10.0. The number of carbonyl (C=O) groups is 1. The summed E-state index contributed by atoms with van der Waals surface area (Å²) in [6.45, 7) is 2.92. The quantitative estimate of drug-likeness (QED) is 0.805. The molecule has 118 valence electrons. The summed E-state index contributed by atoms with van der Waals surface area (Å²) in [6.07, 6.45) is 1.54. The first-order chi connectivity index (χ1) is 10.8. The molecule has 0 bridgehead atoms. The predicted octanol–water partition coefficient (Wildman–Crippen LogP) is 3.20. The maximum absolute atomic E-state index is 13.7. The van der Waals surface area contributed by atoms with Crippen LogP contribution in [0.1, 0.15) is 13.8 Å². The molecule has 0 saturated heterocycles. The highest BCUT2D eigenvalue weighted by atomic mass is 19.2. The minimum absolute atomic E-state index is 0.166. The Morgan fingerprint density at radius 2 is 1.91 bits per heavy atom. The third-order valence-electron chi connectivity index (χ3n) is 3.67. The van der Waals surface area contributed by atoms with Crippen LogP contribution in [-0.4, -0.2) is 25.6 Å². The number of pyridine rings is 1. The minimum atomic E-state index is -1.42. The van der Waals surface area contributed by atoms with Gasteiger partial charge in [-0.1, -0.05) is 6.07 Å². The molecular formula is C16H13F2N3O2. The fraction of sp³-hybridized carbons (Fsp3) is 0.188. The van der Waals surface area contributed by atoms with E-state index >= 15 is 0 Å². The zero-order chi connectivity index (χ0) is 16.8. The molecule has 0 aliphatic carbocycles. The molecule has 5 nitrogen and oxygen atoms in total. The standard InChI is InChI=1S/C16H13F2N3O2/c1-16(2,15(22)23)21-13-8-10(18)9(17)7-12(13)20-14(21)11-5-3-4-6-19-11/h3-8H,1-2H3,(H,22,23). The minimum Gasteiger partial charge on any atom is -0.480 e. The number of hydrogen-bond acceptors (Lipinski definition) is 3. The Bertz CT molecular complexity index is 905. The van der Waals surface area contributed by atoms with Crippen molar-refractivity contribution in [2.75, 3.05) is 0 Å². The number of hydrogen-bond donors (Lipinski definition) is 1. The molecule has 1 aromatic carbocycles. The van der Waals surface area contributed by atoms with Crippen LogP contribution in [0, 0.1) is 11.6 Å². The van der Waals surface area contributed by atoms with Gasteiger partial charge in [-0.15, -0.1) is 0 Å². The highest BCUT2D eigenvalue weighted by Gasteiger charge is 2.34. The van der Waals surface area contributed by atoms with Gasteiger partial charge in [0.15, 0.2) is 17.5 Å². The van der Waals surface area contributed by atoms with Crippen LogP contribution in [-0.2, 0) is 10.3 Å². The van der Waals surface area contributed by atoms with Gasteiger partial charge in [-0.25, -0.2) is 18.6 Å². The normalized spacial score (nSPS) is 11.8. The number of carboxylic acids is 1. The molecule has 3 rings (SSSR count). The van der Waals surface area contributed by atoms with E-state index in [1.54, 1.807) is 18.2 Å². The van der Waals surface area contributed by atoms with Crippen molar-refractivity contribution in [3.05, 3.63) is 48.2 Å². The summed E-state index contributed by atoms with van der Waals surface area (Å²) < 4.78 is 28.5. The van der Waals surface area contributed by atoms with Crippen molar-refractivity contribution in [2.45, 2.75) is 19.4 Å². The maximum atomic E-state index is 13.7. The molecule has 0 unspecified atom stereocenters. The summed E-state index contributed by atoms with van der Waals surface area (Å²) >= 11 is 0. The van der Waals surface area contributed by atoms with Gasteiger partial charge in [0.25, 0.3) is 0 Å². The molecule has 0 saturated carbocycles. The maximum Gasteiger partial charge on any atom is 0.329 e. The molecule has 7 heteroatoms. The van der Waals surface area contributed by atoms with Crippen molar-refractivity contribution < 1.29 is 18.7 Å². The summed E-state index contributed by atoms with van der Waals surface area (Å²) in [6, 6.07) is 6.99. The summed E-state index contributed by atoms with van der Waals surface area (Å²) in [4.78, 5) is 20.1. The van der Waals surface area contributed by atoms with Gasteiger partial charge in [-0.2, -0.15) is 0 Å². The van der Waals surface area contributed by atoms with E-state index in [1.807, 2.05) is 0 Å². The zero-order valence-corrected chi connectivity index (χ0v) is 12.4. The number of aliphatic carboxylic acids is 1.